The smallest absolute Gasteiger partial charge is 0.257 e. The lowest BCUT2D eigenvalue weighted by Gasteiger charge is -2.38. The fourth-order valence-electron chi connectivity index (χ4n) is 4.41. The maximum Gasteiger partial charge on any atom is 0.257 e. The quantitative estimate of drug-likeness (QED) is 0.390. The standard InChI is InChI=1S/C28H31FN2O4S/c1-4-19(2)31(28(33)22-10-5-6-11-24(22)29)17-27(32)30-14-12-26-23(13-15-36-26)25(30)18-35-21-9-7-8-20(16-21)34-3/h5-11,13,15-16,19,25H,4,12,14,17-18H2,1-3H3/t19-,25+/m1/s1. The molecule has 2 aromatic carbocycles. The monoisotopic (exact) mass is 510 g/mol. The van der Waals surface area contributed by atoms with Crippen molar-refractivity contribution in [2.75, 3.05) is 26.8 Å². The molecule has 0 fully saturated rings. The molecule has 0 N–H and O–H groups in total. The summed E-state index contributed by atoms with van der Waals surface area (Å²) < 4.78 is 25.8. The van der Waals surface area contributed by atoms with E-state index in [4.69, 9.17) is 9.47 Å². The Morgan fingerprint density at radius 2 is 1.94 bits per heavy atom. The van der Waals surface area contributed by atoms with Gasteiger partial charge in [-0.1, -0.05) is 25.1 Å². The second-order valence-electron chi connectivity index (χ2n) is 8.81. The predicted octanol–water partition coefficient (Wildman–Crippen LogP) is 5.34. The van der Waals surface area contributed by atoms with Crippen LogP contribution in [0.25, 0.3) is 0 Å². The summed E-state index contributed by atoms with van der Waals surface area (Å²) in [6.07, 6.45) is 1.39. The predicted molar refractivity (Wildman–Crippen MR) is 138 cm³/mol. The molecule has 36 heavy (non-hydrogen) atoms. The van der Waals surface area contributed by atoms with Gasteiger partial charge in [0.2, 0.25) is 5.91 Å². The van der Waals surface area contributed by atoms with Gasteiger partial charge in [0.05, 0.1) is 18.7 Å². The van der Waals surface area contributed by atoms with Crippen LogP contribution in [0.5, 0.6) is 11.5 Å². The van der Waals surface area contributed by atoms with Gasteiger partial charge >= 0.3 is 0 Å². The maximum absolute atomic E-state index is 14.4. The molecule has 2 atom stereocenters. The Hall–Kier alpha value is -3.39. The number of carbonyl (C=O) groups is 2. The number of hydrogen-bond donors (Lipinski definition) is 0. The van der Waals surface area contributed by atoms with Crippen LogP contribution < -0.4 is 9.47 Å². The van der Waals surface area contributed by atoms with Gasteiger partial charge in [-0.25, -0.2) is 4.39 Å². The van der Waals surface area contributed by atoms with Crippen LogP contribution in [0.1, 0.15) is 47.1 Å². The Balaban J connectivity index is 1.56. The first kappa shape index (κ1) is 25.7. The minimum Gasteiger partial charge on any atom is -0.497 e. The number of rotatable bonds is 9. The fraction of sp³-hybridized carbons (Fsp3) is 0.357. The van der Waals surface area contributed by atoms with Crippen molar-refractivity contribution in [1.82, 2.24) is 9.80 Å². The third-order valence-corrected chi connectivity index (χ3v) is 7.65. The number of amides is 2. The van der Waals surface area contributed by atoms with Crippen molar-refractivity contribution >= 4 is 23.2 Å². The van der Waals surface area contributed by atoms with Crippen LogP contribution in [0.15, 0.2) is 60.0 Å². The van der Waals surface area contributed by atoms with Crippen molar-refractivity contribution in [3.63, 3.8) is 0 Å². The zero-order valence-corrected chi connectivity index (χ0v) is 21.6. The molecule has 2 amide bonds. The largest absolute Gasteiger partial charge is 0.497 e. The number of hydrogen-bond acceptors (Lipinski definition) is 5. The lowest BCUT2D eigenvalue weighted by molar-refractivity contribution is -0.136. The van der Waals surface area contributed by atoms with Gasteiger partial charge in [0.1, 0.15) is 30.5 Å². The van der Waals surface area contributed by atoms with Crippen LogP contribution in [-0.2, 0) is 11.2 Å². The lowest BCUT2D eigenvalue weighted by Crippen LogP contribution is -2.50. The van der Waals surface area contributed by atoms with Crippen molar-refractivity contribution in [3.05, 3.63) is 81.8 Å². The molecule has 8 heteroatoms. The van der Waals surface area contributed by atoms with E-state index >= 15 is 0 Å². The minimum atomic E-state index is -0.589. The topological polar surface area (TPSA) is 59.1 Å². The number of nitrogens with zero attached hydrogens (tertiary/aromatic N) is 2. The molecule has 3 aromatic rings. The van der Waals surface area contributed by atoms with Gasteiger partial charge in [0.25, 0.3) is 5.91 Å². The summed E-state index contributed by atoms with van der Waals surface area (Å²) in [6.45, 7) is 4.49. The number of benzene rings is 2. The van der Waals surface area contributed by atoms with E-state index in [1.807, 2.05) is 43.5 Å². The summed E-state index contributed by atoms with van der Waals surface area (Å²) in [6, 6.07) is 14.8. The van der Waals surface area contributed by atoms with Crippen LogP contribution in [0.3, 0.4) is 0 Å². The summed E-state index contributed by atoms with van der Waals surface area (Å²) >= 11 is 1.68. The highest BCUT2D eigenvalue weighted by molar-refractivity contribution is 7.10. The molecule has 0 spiro atoms. The van der Waals surface area contributed by atoms with Crippen LogP contribution in [0, 0.1) is 5.82 Å². The summed E-state index contributed by atoms with van der Waals surface area (Å²) in [4.78, 5) is 31.4. The van der Waals surface area contributed by atoms with Crippen LogP contribution in [0.4, 0.5) is 4.39 Å². The molecular formula is C28H31FN2O4S. The van der Waals surface area contributed by atoms with Crippen molar-refractivity contribution in [2.24, 2.45) is 0 Å². The first-order chi connectivity index (χ1) is 17.4. The second-order valence-corrected chi connectivity index (χ2v) is 9.81. The van der Waals surface area contributed by atoms with Crippen molar-refractivity contribution in [2.45, 2.75) is 38.8 Å². The number of carbonyl (C=O) groups excluding carboxylic acids is 2. The highest BCUT2D eigenvalue weighted by Gasteiger charge is 2.34. The van der Waals surface area contributed by atoms with Gasteiger partial charge in [-0.05, 0) is 61.0 Å². The molecule has 0 aliphatic carbocycles. The molecule has 1 aromatic heterocycles. The molecule has 0 bridgehead atoms. The Morgan fingerprint density at radius 1 is 1.17 bits per heavy atom. The van der Waals surface area contributed by atoms with Gasteiger partial charge < -0.3 is 19.3 Å². The average molecular weight is 511 g/mol. The number of thiophene rings is 1. The summed E-state index contributed by atoms with van der Waals surface area (Å²) in [5.74, 6) is 0.0919. The molecule has 1 aliphatic heterocycles. The SMILES string of the molecule is CC[C@@H](C)N(CC(=O)N1CCc2sccc2[C@@H]1COc1cccc(OC)c1)C(=O)c1ccccc1F. The number of fused-ring (bicyclic) bond motifs is 1. The number of ether oxygens (including phenoxy) is 2. The van der Waals surface area contributed by atoms with Gasteiger partial charge in [0, 0.05) is 23.5 Å². The normalized spacial score (nSPS) is 15.7. The van der Waals surface area contributed by atoms with E-state index in [2.05, 4.69) is 0 Å². The molecule has 6 nitrogen and oxygen atoms in total. The molecule has 0 saturated carbocycles. The summed E-state index contributed by atoms with van der Waals surface area (Å²) in [5.41, 5.74) is 1.04. The number of methoxy groups -OCH3 is 1. The van der Waals surface area contributed by atoms with E-state index < -0.39 is 11.7 Å². The molecule has 4 rings (SSSR count). The molecule has 190 valence electrons. The van der Waals surface area contributed by atoms with E-state index in [-0.39, 0.29) is 36.7 Å². The van der Waals surface area contributed by atoms with Crippen molar-refractivity contribution in [3.8, 4) is 11.5 Å². The minimum absolute atomic E-state index is 0.0257. The Labute approximate surface area is 215 Å². The fourth-order valence-corrected chi connectivity index (χ4v) is 5.34. The van der Waals surface area contributed by atoms with E-state index in [0.29, 0.717) is 24.5 Å². The zero-order valence-electron chi connectivity index (χ0n) is 20.8. The molecule has 0 radical (unpaired) electrons. The van der Waals surface area contributed by atoms with Gasteiger partial charge in [-0.15, -0.1) is 11.3 Å². The molecule has 2 heterocycles. The van der Waals surface area contributed by atoms with Crippen molar-refractivity contribution in [1.29, 1.82) is 0 Å². The van der Waals surface area contributed by atoms with E-state index in [1.54, 1.807) is 41.5 Å². The van der Waals surface area contributed by atoms with Crippen LogP contribution in [-0.4, -0.2) is 54.5 Å². The third-order valence-electron chi connectivity index (χ3n) is 6.66. The summed E-state index contributed by atoms with van der Waals surface area (Å²) in [5, 5.41) is 2.03. The average Bonchev–Trinajstić information content (AvgIpc) is 3.39. The first-order valence-electron chi connectivity index (χ1n) is 12.1. The molecule has 1 aliphatic rings. The van der Waals surface area contributed by atoms with Crippen molar-refractivity contribution < 1.29 is 23.5 Å². The maximum atomic E-state index is 14.4. The molecule has 0 unspecified atom stereocenters. The first-order valence-corrected chi connectivity index (χ1v) is 13.0. The third kappa shape index (κ3) is 5.54. The zero-order chi connectivity index (χ0) is 25.7. The molecule has 0 saturated heterocycles. The summed E-state index contributed by atoms with van der Waals surface area (Å²) in [7, 11) is 1.60. The van der Waals surface area contributed by atoms with E-state index in [9.17, 15) is 14.0 Å². The second kappa shape index (κ2) is 11.6. The Morgan fingerprint density at radius 3 is 2.69 bits per heavy atom. The lowest BCUT2D eigenvalue weighted by atomic mass is 10.00. The van der Waals surface area contributed by atoms with E-state index in [1.165, 1.54) is 21.9 Å². The number of halogens is 1. The van der Waals surface area contributed by atoms with Crippen LogP contribution in [0.2, 0.25) is 0 Å². The van der Waals surface area contributed by atoms with Gasteiger partial charge in [-0.3, -0.25) is 9.59 Å². The van der Waals surface area contributed by atoms with Gasteiger partial charge in [0.15, 0.2) is 0 Å². The Kier molecular flexibility index (Phi) is 8.25. The highest BCUT2D eigenvalue weighted by atomic mass is 32.1. The van der Waals surface area contributed by atoms with Gasteiger partial charge in [-0.2, -0.15) is 0 Å². The van der Waals surface area contributed by atoms with Crippen LogP contribution >= 0.6 is 11.3 Å². The molecular weight excluding hydrogens is 479 g/mol. The van der Waals surface area contributed by atoms with E-state index in [0.717, 1.165) is 12.0 Å². The Bertz CT molecular complexity index is 1210. The highest BCUT2D eigenvalue weighted by Crippen LogP contribution is 2.34.